The quantitative estimate of drug-likeness (QED) is 0.718. The van der Waals surface area contributed by atoms with Gasteiger partial charge in [0.15, 0.2) is 5.78 Å². The Balaban J connectivity index is 2.05. The monoisotopic (exact) mass is 387 g/mol. The van der Waals surface area contributed by atoms with E-state index in [4.69, 9.17) is 14.2 Å². The number of esters is 2. The van der Waals surface area contributed by atoms with Crippen molar-refractivity contribution >= 4 is 23.4 Å². The number of Topliss-reactive ketones (excluding diaryl/α,β-unsaturated/α-hetero) is 1. The summed E-state index contributed by atoms with van der Waals surface area (Å²) in [5.74, 6) is -1.31. The van der Waals surface area contributed by atoms with Crippen molar-refractivity contribution in [3.63, 3.8) is 0 Å². The van der Waals surface area contributed by atoms with E-state index >= 15 is 0 Å². The van der Waals surface area contributed by atoms with E-state index < -0.39 is 24.1 Å². The van der Waals surface area contributed by atoms with E-state index in [0.717, 1.165) is 11.4 Å². The minimum absolute atomic E-state index is 0.0485. The number of carbonyl (C=O) groups excluding carboxylic acids is 3. The Morgan fingerprint density at radius 1 is 1.11 bits per heavy atom. The van der Waals surface area contributed by atoms with E-state index in [9.17, 15) is 14.4 Å². The van der Waals surface area contributed by atoms with Crippen molar-refractivity contribution in [1.29, 1.82) is 0 Å². The van der Waals surface area contributed by atoms with Crippen molar-refractivity contribution in [2.45, 2.75) is 52.6 Å². The van der Waals surface area contributed by atoms with E-state index in [-0.39, 0.29) is 24.5 Å². The molecule has 7 nitrogen and oxygen atoms in total. The lowest BCUT2D eigenvalue weighted by atomic mass is 9.78. The van der Waals surface area contributed by atoms with Crippen LogP contribution in [0.3, 0.4) is 0 Å². The zero-order valence-corrected chi connectivity index (χ0v) is 16.5. The molecule has 1 aromatic carbocycles. The maximum Gasteiger partial charge on any atom is 0.303 e. The van der Waals surface area contributed by atoms with Crippen molar-refractivity contribution in [1.82, 2.24) is 0 Å². The molecule has 0 amide bonds. The van der Waals surface area contributed by atoms with Crippen LogP contribution in [0.2, 0.25) is 0 Å². The van der Waals surface area contributed by atoms with Crippen molar-refractivity contribution in [2.24, 2.45) is 5.92 Å². The third-order valence-corrected chi connectivity index (χ3v) is 5.13. The Morgan fingerprint density at radius 3 is 2.36 bits per heavy atom. The molecule has 0 N–H and O–H groups in total. The fourth-order valence-electron chi connectivity index (χ4n) is 4.16. The minimum atomic E-state index is -0.695. The number of hydrogen-bond acceptors (Lipinski definition) is 7. The van der Waals surface area contributed by atoms with Gasteiger partial charge in [0.2, 0.25) is 0 Å². The number of nitrogens with zero attached hydrogens (tertiary/aromatic N) is 1. The largest absolute Gasteiger partial charge is 0.463 e. The summed E-state index contributed by atoms with van der Waals surface area (Å²) in [6.07, 6.45) is -1.22. The van der Waals surface area contributed by atoms with Gasteiger partial charge in [0, 0.05) is 43.1 Å². The molecule has 28 heavy (non-hydrogen) atoms. The van der Waals surface area contributed by atoms with E-state index in [1.807, 2.05) is 42.2 Å². The van der Waals surface area contributed by atoms with Crippen molar-refractivity contribution < 1.29 is 28.6 Å². The summed E-state index contributed by atoms with van der Waals surface area (Å²) in [4.78, 5) is 37.5. The zero-order valence-electron chi connectivity index (χ0n) is 16.5. The van der Waals surface area contributed by atoms with Crippen molar-refractivity contribution in [2.75, 3.05) is 11.5 Å². The summed E-state index contributed by atoms with van der Waals surface area (Å²) in [5, 5.41) is 0. The normalized spacial score (nSPS) is 26.6. The minimum Gasteiger partial charge on any atom is -0.463 e. The van der Waals surface area contributed by atoms with Crippen LogP contribution in [0.15, 0.2) is 41.6 Å². The van der Waals surface area contributed by atoms with Crippen LogP contribution >= 0.6 is 0 Å². The molecule has 4 atom stereocenters. The lowest BCUT2D eigenvalue weighted by molar-refractivity contribution is -0.192. The highest BCUT2D eigenvalue weighted by Gasteiger charge is 2.49. The average molecular weight is 387 g/mol. The highest BCUT2D eigenvalue weighted by atomic mass is 16.6. The highest BCUT2D eigenvalue weighted by molar-refractivity contribution is 5.95. The molecule has 0 radical (unpaired) electrons. The van der Waals surface area contributed by atoms with Crippen molar-refractivity contribution in [3.8, 4) is 0 Å². The second-order valence-corrected chi connectivity index (χ2v) is 7.11. The van der Waals surface area contributed by atoms with E-state index in [0.29, 0.717) is 12.0 Å². The van der Waals surface area contributed by atoms with Gasteiger partial charge in [-0.1, -0.05) is 18.2 Å². The molecule has 2 aliphatic heterocycles. The van der Waals surface area contributed by atoms with Crippen LogP contribution < -0.4 is 4.90 Å². The first kappa shape index (κ1) is 20.1. The molecule has 1 aromatic rings. The number of allylic oxidation sites excluding steroid dienone is 1. The lowest BCUT2D eigenvalue weighted by Crippen LogP contribution is -2.58. The third kappa shape index (κ3) is 3.94. The fourth-order valence-corrected chi connectivity index (χ4v) is 4.16. The number of anilines is 1. The Morgan fingerprint density at radius 2 is 1.79 bits per heavy atom. The van der Waals surface area contributed by atoms with Gasteiger partial charge in [-0.25, -0.2) is 0 Å². The van der Waals surface area contributed by atoms with Gasteiger partial charge in [-0.15, -0.1) is 0 Å². The van der Waals surface area contributed by atoms with Crippen LogP contribution in [0.4, 0.5) is 5.69 Å². The molecule has 2 bridgehead atoms. The summed E-state index contributed by atoms with van der Waals surface area (Å²) in [6.45, 7) is 5.98. The Hall–Kier alpha value is -2.67. The number of ether oxygens (including phenoxy) is 3. The van der Waals surface area contributed by atoms with Gasteiger partial charge in [0.1, 0.15) is 25.0 Å². The number of carbonyl (C=O) groups is 3. The second kappa shape index (κ2) is 8.14. The van der Waals surface area contributed by atoms with E-state index in [1.54, 1.807) is 0 Å². The summed E-state index contributed by atoms with van der Waals surface area (Å²) in [6, 6.07) is 9.66. The summed E-state index contributed by atoms with van der Waals surface area (Å²) in [7, 11) is 0. The van der Waals surface area contributed by atoms with Gasteiger partial charge >= 0.3 is 11.9 Å². The average Bonchev–Trinajstić information content (AvgIpc) is 2.62. The summed E-state index contributed by atoms with van der Waals surface area (Å²) < 4.78 is 16.9. The number of ketones is 1. The molecule has 0 aromatic heterocycles. The van der Waals surface area contributed by atoms with Gasteiger partial charge in [-0.3, -0.25) is 14.4 Å². The van der Waals surface area contributed by atoms with Gasteiger partial charge in [0.05, 0.1) is 0 Å². The summed E-state index contributed by atoms with van der Waals surface area (Å²) >= 11 is 0. The van der Waals surface area contributed by atoms with Crippen LogP contribution in [0, 0.1) is 5.92 Å². The Kier molecular flexibility index (Phi) is 5.84. The van der Waals surface area contributed by atoms with Gasteiger partial charge in [0.25, 0.3) is 0 Å². The maximum atomic E-state index is 12.5. The number of fused-ring (bicyclic) bond motifs is 2. The van der Waals surface area contributed by atoms with Gasteiger partial charge in [-0.2, -0.15) is 0 Å². The topological polar surface area (TPSA) is 82.1 Å². The Bertz CT molecular complexity index is 802. The van der Waals surface area contributed by atoms with Crippen molar-refractivity contribution in [3.05, 3.63) is 41.6 Å². The van der Waals surface area contributed by atoms with Crippen LogP contribution in [0.1, 0.15) is 34.1 Å². The number of para-hydroxylation sites is 1. The molecule has 150 valence electrons. The molecule has 0 saturated carbocycles. The SMILES string of the molecule is CC(=O)OC[C@H]1O[C@@H]2C[C@@H](C(C(C)=O)=C(C)N2c2ccccc2)[C@@H]1OC(C)=O. The molecule has 7 heteroatoms. The molecular formula is C21H25NO6. The van der Waals surface area contributed by atoms with Crippen LogP contribution in [0.5, 0.6) is 0 Å². The predicted molar refractivity (Wildman–Crippen MR) is 101 cm³/mol. The first-order valence-electron chi connectivity index (χ1n) is 9.31. The lowest BCUT2D eigenvalue weighted by Gasteiger charge is -2.50. The van der Waals surface area contributed by atoms with E-state index in [2.05, 4.69) is 0 Å². The van der Waals surface area contributed by atoms with Crippen LogP contribution in [-0.2, 0) is 28.6 Å². The number of rotatable bonds is 5. The smallest absolute Gasteiger partial charge is 0.303 e. The third-order valence-electron chi connectivity index (χ3n) is 5.13. The van der Waals surface area contributed by atoms with E-state index in [1.165, 1.54) is 20.8 Å². The molecule has 2 aliphatic rings. The summed E-state index contributed by atoms with van der Waals surface area (Å²) in [5.41, 5.74) is 2.30. The number of benzene rings is 1. The molecule has 3 rings (SSSR count). The Labute approximate surface area is 164 Å². The molecule has 1 fully saturated rings. The van der Waals surface area contributed by atoms with Gasteiger partial charge in [-0.05, 0) is 26.0 Å². The highest BCUT2D eigenvalue weighted by Crippen LogP contribution is 2.43. The molecule has 0 aliphatic carbocycles. The maximum absolute atomic E-state index is 12.5. The van der Waals surface area contributed by atoms with Gasteiger partial charge < -0.3 is 19.1 Å². The predicted octanol–water partition coefficient (Wildman–Crippen LogP) is 2.60. The first-order valence-corrected chi connectivity index (χ1v) is 9.31. The number of hydrogen-bond donors (Lipinski definition) is 0. The van der Waals surface area contributed by atoms with Crippen LogP contribution in [-0.4, -0.2) is 42.8 Å². The molecular weight excluding hydrogens is 362 g/mol. The molecule has 1 saturated heterocycles. The first-order chi connectivity index (χ1) is 13.3. The fraction of sp³-hybridized carbons (Fsp3) is 0.476. The second-order valence-electron chi connectivity index (χ2n) is 7.11. The standard InChI is InChI=1S/C21H25NO6/c1-12-20(13(2)23)17-10-19(22(12)16-8-6-5-7-9-16)28-18(11-26-14(3)24)21(17)27-15(4)25/h5-9,17-19,21H,10-11H2,1-4H3/t17-,18+,19+,21-/m0/s1. The zero-order chi connectivity index (χ0) is 20.4. The molecule has 2 heterocycles. The van der Waals surface area contributed by atoms with Crippen LogP contribution in [0.25, 0.3) is 0 Å². The molecule has 0 spiro atoms. The molecule has 0 unspecified atom stereocenters.